The number of benzene rings is 1. The van der Waals surface area contributed by atoms with Gasteiger partial charge < -0.3 is 0 Å². The molecule has 0 saturated carbocycles. The number of rotatable bonds is 1. The maximum absolute atomic E-state index is 4.37. The molecule has 0 atom stereocenters. The van der Waals surface area contributed by atoms with Crippen LogP contribution in [0.25, 0.3) is 17.0 Å². The van der Waals surface area contributed by atoms with Crippen LogP contribution in [0, 0.1) is 6.92 Å². The lowest BCUT2D eigenvalue weighted by atomic mass is 10.2. The van der Waals surface area contributed by atoms with Crippen molar-refractivity contribution in [3.63, 3.8) is 0 Å². The SMILES string of the molecule is Cc1cc2[nH]nc(-c3ccccc3)n2n1. The number of nitrogens with one attached hydrogen (secondary N) is 1. The molecule has 74 valence electrons. The first-order valence-electron chi connectivity index (χ1n) is 4.81. The van der Waals surface area contributed by atoms with E-state index in [1.54, 1.807) is 0 Å². The summed E-state index contributed by atoms with van der Waals surface area (Å²) in [6, 6.07) is 12.0. The van der Waals surface area contributed by atoms with E-state index >= 15 is 0 Å². The summed E-state index contributed by atoms with van der Waals surface area (Å²) in [6.45, 7) is 1.97. The Morgan fingerprint density at radius 3 is 2.80 bits per heavy atom. The number of aromatic amines is 1. The fraction of sp³-hybridized carbons (Fsp3) is 0.0909. The van der Waals surface area contributed by atoms with E-state index in [4.69, 9.17) is 0 Å². The van der Waals surface area contributed by atoms with Crippen molar-refractivity contribution in [1.29, 1.82) is 0 Å². The van der Waals surface area contributed by atoms with E-state index in [0.717, 1.165) is 22.7 Å². The minimum absolute atomic E-state index is 0.846. The Hall–Kier alpha value is -2.10. The van der Waals surface area contributed by atoms with Crippen LogP contribution in [0.3, 0.4) is 0 Å². The first-order chi connectivity index (χ1) is 7.34. The maximum Gasteiger partial charge on any atom is 0.182 e. The van der Waals surface area contributed by atoms with Gasteiger partial charge in [-0.15, -0.1) is 0 Å². The summed E-state index contributed by atoms with van der Waals surface area (Å²) in [6.07, 6.45) is 0. The van der Waals surface area contributed by atoms with Crippen LogP contribution in [-0.4, -0.2) is 19.8 Å². The highest BCUT2D eigenvalue weighted by molar-refractivity contribution is 5.58. The highest BCUT2D eigenvalue weighted by Gasteiger charge is 2.08. The molecule has 0 amide bonds. The van der Waals surface area contributed by atoms with Crippen molar-refractivity contribution >= 4 is 5.65 Å². The van der Waals surface area contributed by atoms with Crippen LogP contribution < -0.4 is 0 Å². The van der Waals surface area contributed by atoms with Gasteiger partial charge in [0.2, 0.25) is 0 Å². The highest BCUT2D eigenvalue weighted by Crippen LogP contribution is 2.17. The molecule has 0 aliphatic carbocycles. The van der Waals surface area contributed by atoms with Gasteiger partial charge in [-0.25, -0.2) is 0 Å². The van der Waals surface area contributed by atoms with Gasteiger partial charge in [0.1, 0.15) is 0 Å². The summed E-state index contributed by atoms with van der Waals surface area (Å²) in [5, 5.41) is 11.6. The van der Waals surface area contributed by atoms with Crippen molar-refractivity contribution in [2.45, 2.75) is 6.92 Å². The summed E-state index contributed by atoms with van der Waals surface area (Å²) in [5.41, 5.74) is 2.97. The number of hydrogen-bond acceptors (Lipinski definition) is 2. The Morgan fingerprint density at radius 1 is 1.20 bits per heavy atom. The smallest absolute Gasteiger partial charge is 0.182 e. The second-order valence-corrected chi connectivity index (χ2v) is 3.50. The maximum atomic E-state index is 4.37. The first-order valence-corrected chi connectivity index (χ1v) is 4.81. The average molecular weight is 198 g/mol. The van der Waals surface area contributed by atoms with E-state index in [2.05, 4.69) is 15.3 Å². The molecule has 0 fully saturated rings. The number of H-pyrrole nitrogens is 1. The predicted molar refractivity (Wildman–Crippen MR) is 57.5 cm³/mol. The molecule has 0 aliphatic heterocycles. The van der Waals surface area contributed by atoms with Gasteiger partial charge in [-0.3, -0.25) is 5.10 Å². The summed E-state index contributed by atoms with van der Waals surface area (Å²) < 4.78 is 1.82. The lowest BCUT2D eigenvalue weighted by Crippen LogP contribution is -1.89. The number of fused-ring (bicyclic) bond motifs is 1. The Kier molecular flexibility index (Phi) is 1.62. The third-order valence-electron chi connectivity index (χ3n) is 2.34. The van der Waals surface area contributed by atoms with Gasteiger partial charge in [0, 0.05) is 11.6 Å². The third-order valence-corrected chi connectivity index (χ3v) is 2.34. The highest BCUT2D eigenvalue weighted by atomic mass is 15.4. The third kappa shape index (κ3) is 1.22. The van der Waals surface area contributed by atoms with E-state index in [-0.39, 0.29) is 0 Å². The van der Waals surface area contributed by atoms with Crippen LogP contribution in [0.15, 0.2) is 36.4 Å². The molecule has 0 radical (unpaired) electrons. The zero-order valence-corrected chi connectivity index (χ0v) is 8.31. The monoisotopic (exact) mass is 198 g/mol. The number of nitrogens with zero attached hydrogens (tertiary/aromatic N) is 3. The van der Waals surface area contributed by atoms with Gasteiger partial charge in [0.15, 0.2) is 11.5 Å². The zero-order valence-electron chi connectivity index (χ0n) is 8.31. The molecule has 2 aromatic heterocycles. The van der Waals surface area contributed by atoms with Crippen LogP contribution >= 0.6 is 0 Å². The van der Waals surface area contributed by atoms with Gasteiger partial charge in [-0.05, 0) is 6.92 Å². The van der Waals surface area contributed by atoms with E-state index < -0.39 is 0 Å². The van der Waals surface area contributed by atoms with Gasteiger partial charge in [-0.1, -0.05) is 30.3 Å². The zero-order chi connectivity index (χ0) is 10.3. The number of aromatic nitrogens is 4. The van der Waals surface area contributed by atoms with Gasteiger partial charge in [0.25, 0.3) is 0 Å². The number of hydrogen-bond donors (Lipinski definition) is 1. The van der Waals surface area contributed by atoms with Gasteiger partial charge in [0.05, 0.1) is 5.69 Å². The Labute approximate surface area is 86.6 Å². The first kappa shape index (κ1) is 8.23. The predicted octanol–water partition coefficient (Wildman–Crippen LogP) is 2.03. The molecule has 0 bridgehead atoms. The molecule has 15 heavy (non-hydrogen) atoms. The fourth-order valence-electron chi connectivity index (χ4n) is 1.67. The second-order valence-electron chi connectivity index (χ2n) is 3.50. The van der Waals surface area contributed by atoms with Gasteiger partial charge in [-0.2, -0.15) is 14.7 Å². The van der Waals surface area contributed by atoms with E-state index in [1.165, 1.54) is 0 Å². The van der Waals surface area contributed by atoms with Crippen LogP contribution in [0.2, 0.25) is 0 Å². The summed E-state index contributed by atoms with van der Waals surface area (Å²) in [5.74, 6) is 0.846. The molecule has 0 spiro atoms. The van der Waals surface area contributed by atoms with Crippen molar-refractivity contribution in [3.05, 3.63) is 42.1 Å². The lowest BCUT2D eigenvalue weighted by molar-refractivity contribution is 0.938. The van der Waals surface area contributed by atoms with E-state index in [0.29, 0.717) is 0 Å². The molecule has 3 aromatic rings. The van der Waals surface area contributed by atoms with E-state index in [1.807, 2.05) is 47.8 Å². The van der Waals surface area contributed by atoms with Crippen molar-refractivity contribution in [2.75, 3.05) is 0 Å². The molecule has 0 aliphatic rings. The van der Waals surface area contributed by atoms with Crippen LogP contribution in [0.5, 0.6) is 0 Å². The summed E-state index contributed by atoms with van der Waals surface area (Å²) >= 11 is 0. The minimum atomic E-state index is 0.846. The largest absolute Gasteiger partial charge is 0.259 e. The fourth-order valence-corrected chi connectivity index (χ4v) is 1.67. The molecule has 1 aromatic carbocycles. The Morgan fingerprint density at radius 2 is 2.00 bits per heavy atom. The molecule has 1 N–H and O–H groups in total. The molecule has 0 unspecified atom stereocenters. The van der Waals surface area contributed by atoms with E-state index in [9.17, 15) is 0 Å². The number of aryl methyl sites for hydroxylation is 1. The summed E-state index contributed by atoms with van der Waals surface area (Å²) in [7, 11) is 0. The van der Waals surface area contributed by atoms with Crippen LogP contribution in [-0.2, 0) is 0 Å². The molecule has 4 heteroatoms. The summed E-state index contributed by atoms with van der Waals surface area (Å²) in [4.78, 5) is 0. The Bertz CT molecular complexity index is 591. The molecule has 0 saturated heterocycles. The average Bonchev–Trinajstić information content (AvgIpc) is 2.77. The van der Waals surface area contributed by atoms with Gasteiger partial charge >= 0.3 is 0 Å². The Balaban J connectivity index is 2.27. The topological polar surface area (TPSA) is 46.0 Å². The van der Waals surface area contributed by atoms with Crippen LogP contribution in [0.4, 0.5) is 0 Å². The quantitative estimate of drug-likeness (QED) is 0.650. The lowest BCUT2D eigenvalue weighted by Gasteiger charge is -1.95. The van der Waals surface area contributed by atoms with Crippen molar-refractivity contribution < 1.29 is 0 Å². The van der Waals surface area contributed by atoms with Crippen LogP contribution in [0.1, 0.15) is 5.69 Å². The molecular formula is C11H10N4. The molecule has 4 nitrogen and oxygen atoms in total. The molecule has 3 rings (SSSR count). The minimum Gasteiger partial charge on any atom is -0.259 e. The standard InChI is InChI=1S/C11H10N4/c1-8-7-10-12-13-11(15(10)14-8)9-5-3-2-4-6-9/h2-7,12H,1H3. The van der Waals surface area contributed by atoms with Crippen molar-refractivity contribution in [2.24, 2.45) is 0 Å². The van der Waals surface area contributed by atoms with Crippen molar-refractivity contribution in [3.8, 4) is 11.4 Å². The normalized spacial score (nSPS) is 11.0. The van der Waals surface area contributed by atoms with Crippen molar-refractivity contribution in [1.82, 2.24) is 19.8 Å². The molecular weight excluding hydrogens is 188 g/mol. The molecule has 2 heterocycles. The second kappa shape index (κ2) is 2.95.